The first-order chi connectivity index (χ1) is 13.6. The molecule has 2 fully saturated rings. The third-order valence-electron chi connectivity index (χ3n) is 5.90. The Morgan fingerprint density at radius 3 is 2.68 bits per heavy atom. The average Bonchev–Trinajstić information content (AvgIpc) is 3.28. The number of carbonyl (C=O) groups excluding carboxylic acids is 1. The predicted molar refractivity (Wildman–Crippen MR) is 108 cm³/mol. The summed E-state index contributed by atoms with van der Waals surface area (Å²) in [6, 6.07) is 4.48. The van der Waals surface area contributed by atoms with Crippen LogP contribution in [0.3, 0.4) is 0 Å². The van der Waals surface area contributed by atoms with Crippen molar-refractivity contribution in [3.05, 3.63) is 35.5 Å². The van der Waals surface area contributed by atoms with Crippen molar-refractivity contribution in [2.75, 3.05) is 18.0 Å². The van der Waals surface area contributed by atoms with Crippen molar-refractivity contribution in [2.24, 2.45) is 0 Å². The predicted octanol–water partition coefficient (Wildman–Crippen LogP) is 2.73. The fraction of sp³-hybridized carbons (Fsp3) is 0.619. The zero-order chi connectivity index (χ0) is 19.5. The van der Waals surface area contributed by atoms with E-state index >= 15 is 0 Å². The van der Waals surface area contributed by atoms with Gasteiger partial charge in [-0.25, -0.2) is 9.97 Å². The number of nitrogens with zero attached hydrogens (tertiary/aromatic N) is 5. The van der Waals surface area contributed by atoms with Crippen LogP contribution in [0.4, 0.5) is 5.82 Å². The molecule has 7 nitrogen and oxygen atoms in total. The molecule has 1 saturated heterocycles. The number of hydrogen-bond donors (Lipinski definition) is 1. The van der Waals surface area contributed by atoms with Crippen molar-refractivity contribution in [2.45, 2.75) is 70.9 Å². The lowest BCUT2D eigenvalue weighted by Gasteiger charge is -2.35. The maximum absolute atomic E-state index is 12.2. The summed E-state index contributed by atoms with van der Waals surface area (Å²) in [7, 11) is 0. The molecule has 1 aliphatic heterocycles. The minimum atomic E-state index is 0.144. The van der Waals surface area contributed by atoms with E-state index in [0.717, 1.165) is 61.8 Å². The first kappa shape index (κ1) is 18.9. The monoisotopic (exact) mass is 382 g/mol. The summed E-state index contributed by atoms with van der Waals surface area (Å²) in [5.74, 6) is 1.63. The van der Waals surface area contributed by atoms with E-state index < -0.39 is 0 Å². The quantitative estimate of drug-likeness (QED) is 0.797. The number of aryl methyl sites for hydroxylation is 3. The van der Waals surface area contributed by atoms with Gasteiger partial charge in [0.25, 0.3) is 0 Å². The van der Waals surface area contributed by atoms with Crippen LogP contribution in [0.25, 0.3) is 0 Å². The number of carbonyl (C=O) groups is 1. The molecular formula is C21H30N6O. The molecule has 4 rings (SSSR count). The van der Waals surface area contributed by atoms with Crippen LogP contribution in [0.2, 0.25) is 0 Å². The molecule has 28 heavy (non-hydrogen) atoms. The van der Waals surface area contributed by atoms with Crippen molar-refractivity contribution in [3.63, 3.8) is 0 Å². The van der Waals surface area contributed by atoms with Crippen LogP contribution in [0.1, 0.15) is 61.5 Å². The van der Waals surface area contributed by atoms with Gasteiger partial charge in [0.2, 0.25) is 5.91 Å². The Morgan fingerprint density at radius 2 is 1.96 bits per heavy atom. The fourth-order valence-corrected chi connectivity index (χ4v) is 4.27. The van der Waals surface area contributed by atoms with Crippen LogP contribution in [0, 0.1) is 13.8 Å². The number of rotatable bonds is 7. The molecule has 150 valence electrons. The molecule has 0 aromatic carbocycles. The molecule has 7 heteroatoms. The summed E-state index contributed by atoms with van der Waals surface area (Å²) in [4.78, 5) is 23.5. The highest BCUT2D eigenvalue weighted by molar-refractivity contribution is 5.76. The fourth-order valence-electron chi connectivity index (χ4n) is 4.27. The van der Waals surface area contributed by atoms with E-state index in [9.17, 15) is 4.79 Å². The highest BCUT2D eigenvalue weighted by atomic mass is 16.1. The smallest absolute Gasteiger partial charge is 0.220 e. The summed E-state index contributed by atoms with van der Waals surface area (Å²) in [6.07, 6.45) is 7.49. The van der Waals surface area contributed by atoms with Gasteiger partial charge in [0.1, 0.15) is 12.1 Å². The highest BCUT2D eigenvalue weighted by Crippen LogP contribution is 2.36. The Kier molecular flexibility index (Phi) is 5.59. The second kappa shape index (κ2) is 8.29. The molecule has 2 aromatic rings. The Labute approximate surface area is 166 Å². The molecular weight excluding hydrogens is 352 g/mol. The van der Waals surface area contributed by atoms with Gasteiger partial charge in [-0.3, -0.25) is 9.48 Å². The summed E-state index contributed by atoms with van der Waals surface area (Å²) in [5, 5.41) is 7.61. The summed E-state index contributed by atoms with van der Waals surface area (Å²) < 4.78 is 1.98. The van der Waals surface area contributed by atoms with Crippen molar-refractivity contribution in [3.8, 4) is 0 Å². The van der Waals surface area contributed by atoms with Crippen LogP contribution < -0.4 is 10.2 Å². The number of hydrogen-bond acceptors (Lipinski definition) is 5. The maximum atomic E-state index is 12.2. The van der Waals surface area contributed by atoms with Gasteiger partial charge < -0.3 is 10.2 Å². The molecule has 2 aliphatic rings. The zero-order valence-electron chi connectivity index (χ0n) is 16.9. The molecule has 1 aliphatic carbocycles. The van der Waals surface area contributed by atoms with E-state index in [1.54, 1.807) is 6.33 Å². The lowest BCUT2D eigenvalue weighted by Crippen LogP contribution is -2.43. The second-order valence-corrected chi connectivity index (χ2v) is 8.18. The Hall–Kier alpha value is -2.44. The maximum Gasteiger partial charge on any atom is 0.220 e. The number of nitrogens with one attached hydrogen (secondary N) is 1. The van der Waals surface area contributed by atoms with Crippen molar-refractivity contribution in [1.29, 1.82) is 0 Å². The van der Waals surface area contributed by atoms with Gasteiger partial charge >= 0.3 is 0 Å². The van der Waals surface area contributed by atoms with Gasteiger partial charge in [-0.15, -0.1) is 0 Å². The van der Waals surface area contributed by atoms with E-state index in [2.05, 4.69) is 44.3 Å². The molecule has 0 spiro atoms. The van der Waals surface area contributed by atoms with Crippen LogP contribution in [0.15, 0.2) is 18.5 Å². The summed E-state index contributed by atoms with van der Waals surface area (Å²) in [6.45, 7) is 7.03. The van der Waals surface area contributed by atoms with E-state index in [4.69, 9.17) is 0 Å². The minimum Gasteiger partial charge on any atom is -0.357 e. The van der Waals surface area contributed by atoms with Gasteiger partial charge in [-0.05, 0) is 52.0 Å². The van der Waals surface area contributed by atoms with Crippen LogP contribution in [-0.4, -0.2) is 44.8 Å². The standard InChI is InChI=1S/C21H30N6O/c1-15-10-16(2)27(25-15)9-5-6-21(28)24-18-11-17(12-18)19-13-20(23-14-22-19)26-7-3-4-8-26/h10,13-14,17-18H,3-9,11-12H2,1-2H3,(H,24,28). The molecule has 0 bridgehead atoms. The number of anilines is 1. The summed E-state index contributed by atoms with van der Waals surface area (Å²) >= 11 is 0. The van der Waals surface area contributed by atoms with E-state index in [0.29, 0.717) is 12.3 Å². The third-order valence-corrected chi connectivity index (χ3v) is 5.90. The number of aromatic nitrogens is 4. The molecule has 2 aromatic heterocycles. The number of amides is 1. The largest absolute Gasteiger partial charge is 0.357 e. The topological polar surface area (TPSA) is 75.9 Å². The molecule has 1 saturated carbocycles. The Bertz CT molecular complexity index is 820. The van der Waals surface area contributed by atoms with Gasteiger partial charge in [0.05, 0.1) is 5.69 Å². The molecule has 1 N–H and O–H groups in total. The Morgan fingerprint density at radius 1 is 1.18 bits per heavy atom. The van der Waals surface area contributed by atoms with Gasteiger partial charge in [0, 0.05) is 55.5 Å². The van der Waals surface area contributed by atoms with Crippen LogP contribution in [-0.2, 0) is 11.3 Å². The molecule has 3 heterocycles. The van der Waals surface area contributed by atoms with E-state index in [1.165, 1.54) is 12.8 Å². The SMILES string of the molecule is Cc1cc(C)n(CCCC(=O)NC2CC(c3cc(N4CCCC4)ncn3)C2)n1. The van der Waals surface area contributed by atoms with Crippen LogP contribution >= 0.6 is 0 Å². The molecule has 0 atom stereocenters. The summed E-state index contributed by atoms with van der Waals surface area (Å²) in [5.41, 5.74) is 3.30. The van der Waals surface area contributed by atoms with Crippen molar-refractivity contribution in [1.82, 2.24) is 25.1 Å². The first-order valence-corrected chi connectivity index (χ1v) is 10.5. The van der Waals surface area contributed by atoms with Gasteiger partial charge in [0.15, 0.2) is 0 Å². The van der Waals surface area contributed by atoms with Crippen LogP contribution in [0.5, 0.6) is 0 Å². The van der Waals surface area contributed by atoms with E-state index in [-0.39, 0.29) is 11.9 Å². The van der Waals surface area contributed by atoms with Crippen molar-refractivity contribution < 1.29 is 4.79 Å². The molecule has 0 unspecified atom stereocenters. The first-order valence-electron chi connectivity index (χ1n) is 10.5. The van der Waals surface area contributed by atoms with Gasteiger partial charge in [-0.1, -0.05) is 0 Å². The normalized spacial score (nSPS) is 21.6. The van der Waals surface area contributed by atoms with Crippen molar-refractivity contribution >= 4 is 11.7 Å². The van der Waals surface area contributed by atoms with E-state index in [1.807, 2.05) is 11.6 Å². The minimum absolute atomic E-state index is 0.144. The molecule has 1 amide bonds. The lowest BCUT2D eigenvalue weighted by molar-refractivity contribution is -0.122. The second-order valence-electron chi connectivity index (χ2n) is 8.18. The Balaban J connectivity index is 1.19. The lowest BCUT2D eigenvalue weighted by atomic mass is 9.78. The highest BCUT2D eigenvalue weighted by Gasteiger charge is 2.32. The average molecular weight is 383 g/mol. The third kappa shape index (κ3) is 4.34. The van der Waals surface area contributed by atoms with Gasteiger partial charge in [-0.2, -0.15) is 5.10 Å². The molecule has 0 radical (unpaired) electrons. The zero-order valence-corrected chi connectivity index (χ0v) is 16.9.